The van der Waals surface area contributed by atoms with Crippen molar-refractivity contribution in [3.8, 4) is 17.9 Å². The third-order valence-corrected chi connectivity index (χ3v) is 2.73. The van der Waals surface area contributed by atoms with E-state index in [0.29, 0.717) is 5.57 Å². The summed E-state index contributed by atoms with van der Waals surface area (Å²) in [6.45, 7) is 0. The Morgan fingerprint density at radius 1 is 1.06 bits per heavy atom. The largest absolute Gasteiger partial charge is 0.292 e. The molecule has 0 aromatic heterocycles. The van der Waals surface area contributed by atoms with E-state index in [4.69, 9.17) is 10.7 Å². The highest BCUT2D eigenvalue weighted by Gasteiger charge is 2.13. The van der Waals surface area contributed by atoms with Crippen molar-refractivity contribution in [3.05, 3.63) is 60.3 Å². The average Bonchev–Trinajstić information content (AvgIpc) is 3.05. The fourth-order valence-electron chi connectivity index (χ4n) is 1.80. The highest BCUT2D eigenvalue weighted by Crippen LogP contribution is 2.20. The smallest absolute Gasteiger partial charge is 0.109 e. The van der Waals surface area contributed by atoms with E-state index >= 15 is 0 Å². The SMILES string of the molecule is N#C/C=C(/C(=N)C#CC1C=CC=C1)C1C=CC=C1. The minimum absolute atomic E-state index is 0.00103. The van der Waals surface area contributed by atoms with Crippen LogP contribution < -0.4 is 0 Å². The number of nitriles is 1. The molecule has 0 bridgehead atoms. The van der Waals surface area contributed by atoms with Crippen LogP contribution in [0.15, 0.2) is 60.3 Å². The van der Waals surface area contributed by atoms with Crippen LogP contribution in [0.5, 0.6) is 0 Å². The van der Waals surface area contributed by atoms with Crippen LogP contribution in [0.1, 0.15) is 0 Å². The summed E-state index contributed by atoms with van der Waals surface area (Å²) >= 11 is 0. The Kier molecular flexibility index (Phi) is 3.74. The Labute approximate surface area is 107 Å². The van der Waals surface area contributed by atoms with E-state index in [2.05, 4.69) is 11.8 Å². The van der Waals surface area contributed by atoms with Crippen LogP contribution in [-0.2, 0) is 0 Å². The number of nitrogens with zero attached hydrogens (tertiary/aromatic N) is 1. The standard InChI is InChI=1S/C16H12N2/c17-12-11-15(14-7-3-4-8-14)16(18)10-9-13-5-1-2-6-13/h1-8,11,13-14,18H/b15-11+,18-16?. The molecule has 2 aliphatic carbocycles. The van der Waals surface area contributed by atoms with Crippen molar-refractivity contribution in [2.45, 2.75) is 0 Å². The van der Waals surface area contributed by atoms with Crippen molar-refractivity contribution in [1.29, 1.82) is 10.7 Å². The summed E-state index contributed by atoms with van der Waals surface area (Å²) in [5, 5.41) is 16.8. The van der Waals surface area contributed by atoms with Crippen LogP contribution in [0.2, 0.25) is 0 Å². The van der Waals surface area contributed by atoms with Gasteiger partial charge in [0.05, 0.1) is 12.0 Å². The molecule has 0 aromatic carbocycles. The molecule has 2 rings (SSSR count). The van der Waals surface area contributed by atoms with Gasteiger partial charge < -0.3 is 0 Å². The number of hydrogen-bond acceptors (Lipinski definition) is 2. The second kappa shape index (κ2) is 5.66. The lowest BCUT2D eigenvalue weighted by molar-refractivity contribution is 1.04. The predicted octanol–water partition coefficient (Wildman–Crippen LogP) is 2.94. The van der Waals surface area contributed by atoms with E-state index in [1.807, 2.05) is 54.7 Å². The van der Waals surface area contributed by atoms with Gasteiger partial charge in [0.1, 0.15) is 5.71 Å². The number of allylic oxidation sites excluding steroid dienone is 10. The van der Waals surface area contributed by atoms with Gasteiger partial charge in [-0.3, -0.25) is 5.41 Å². The van der Waals surface area contributed by atoms with Crippen molar-refractivity contribution < 1.29 is 0 Å². The molecular weight excluding hydrogens is 220 g/mol. The van der Waals surface area contributed by atoms with Gasteiger partial charge in [-0.1, -0.05) is 54.5 Å². The van der Waals surface area contributed by atoms with Gasteiger partial charge in [0.15, 0.2) is 0 Å². The molecular formula is C16H12N2. The zero-order valence-corrected chi connectivity index (χ0v) is 9.80. The van der Waals surface area contributed by atoms with E-state index in [0.717, 1.165) is 0 Å². The van der Waals surface area contributed by atoms with Gasteiger partial charge in [0.25, 0.3) is 0 Å². The van der Waals surface area contributed by atoms with Gasteiger partial charge in [-0.15, -0.1) is 0 Å². The number of rotatable bonds is 2. The molecule has 0 amide bonds. The highest BCUT2D eigenvalue weighted by molar-refractivity contribution is 6.11. The molecule has 0 radical (unpaired) electrons. The van der Waals surface area contributed by atoms with Gasteiger partial charge in [-0.05, 0) is 5.92 Å². The maximum absolute atomic E-state index is 8.78. The molecule has 2 aliphatic rings. The molecule has 0 saturated heterocycles. The molecule has 0 atom stereocenters. The molecule has 0 aliphatic heterocycles. The lowest BCUT2D eigenvalue weighted by Crippen LogP contribution is -2.06. The summed E-state index contributed by atoms with van der Waals surface area (Å²) in [5.41, 5.74) is 0.868. The van der Waals surface area contributed by atoms with Crippen LogP contribution >= 0.6 is 0 Å². The average molecular weight is 232 g/mol. The molecule has 0 aromatic rings. The topological polar surface area (TPSA) is 47.6 Å². The second-order valence-electron chi connectivity index (χ2n) is 3.96. The summed E-state index contributed by atoms with van der Waals surface area (Å²) in [5.74, 6) is 5.91. The zero-order chi connectivity index (χ0) is 12.8. The summed E-state index contributed by atoms with van der Waals surface area (Å²) < 4.78 is 0. The van der Waals surface area contributed by atoms with Crippen molar-refractivity contribution in [1.82, 2.24) is 0 Å². The van der Waals surface area contributed by atoms with Crippen molar-refractivity contribution in [3.63, 3.8) is 0 Å². The van der Waals surface area contributed by atoms with Crippen molar-refractivity contribution >= 4 is 5.71 Å². The Morgan fingerprint density at radius 2 is 1.67 bits per heavy atom. The molecule has 2 heteroatoms. The van der Waals surface area contributed by atoms with Crippen LogP contribution in [0.25, 0.3) is 0 Å². The second-order valence-corrected chi connectivity index (χ2v) is 3.96. The minimum Gasteiger partial charge on any atom is -0.292 e. The predicted molar refractivity (Wildman–Crippen MR) is 72.7 cm³/mol. The Bertz CT molecular complexity index is 571. The van der Waals surface area contributed by atoms with E-state index in [9.17, 15) is 0 Å². The van der Waals surface area contributed by atoms with Gasteiger partial charge in [0, 0.05) is 17.6 Å². The first-order valence-electron chi connectivity index (χ1n) is 5.71. The third-order valence-electron chi connectivity index (χ3n) is 2.73. The Morgan fingerprint density at radius 3 is 2.28 bits per heavy atom. The highest BCUT2D eigenvalue weighted by atomic mass is 14.4. The van der Waals surface area contributed by atoms with E-state index in [1.54, 1.807) is 0 Å². The molecule has 0 unspecified atom stereocenters. The van der Waals surface area contributed by atoms with E-state index in [1.165, 1.54) is 6.08 Å². The van der Waals surface area contributed by atoms with Gasteiger partial charge >= 0.3 is 0 Å². The van der Waals surface area contributed by atoms with Gasteiger partial charge in [-0.25, -0.2) is 0 Å². The molecule has 0 heterocycles. The lowest BCUT2D eigenvalue weighted by Gasteiger charge is -2.07. The monoisotopic (exact) mass is 232 g/mol. The third kappa shape index (κ3) is 2.75. The molecule has 1 N–H and O–H groups in total. The summed E-state index contributed by atoms with van der Waals surface area (Å²) in [6, 6.07) is 1.99. The lowest BCUT2D eigenvalue weighted by atomic mass is 9.96. The van der Waals surface area contributed by atoms with Crippen LogP contribution in [0.3, 0.4) is 0 Å². The maximum atomic E-state index is 8.78. The minimum atomic E-state index is 0.00103. The van der Waals surface area contributed by atoms with Gasteiger partial charge in [-0.2, -0.15) is 5.26 Å². The Hall–Kier alpha value is -2.58. The molecule has 0 spiro atoms. The van der Waals surface area contributed by atoms with Crippen LogP contribution in [0, 0.1) is 40.4 Å². The first-order valence-corrected chi connectivity index (χ1v) is 5.71. The van der Waals surface area contributed by atoms with Crippen molar-refractivity contribution in [2.24, 2.45) is 11.8 Å². The van der Waals surface area contributed by atoms with Crippen LogP contribution in [0.4, 0.5) is 0 Å². The molecule has 86 valence electrons. The number of nitrogens with one attached hydrogen (secondary N) is 1. The van der Waals surface area contributed by atoms with Crippen LogP contribution in [-0.4, -0.2) is 5.71 Å². The number of hydrogen-bond donors (Lipinski definition) is 1. The molecule has 0 saturated carbocycles. The van der Waals surface area contributed by atoms with E-state index in [-0.39, 0.29) is 17.5 Å². The van der Waals surface area contributed by atoms with Crippen molar-refractivity contribution in [2.75, 3.05) is 0 Å². The Balaban J connectivity index is 2.14. The zero-order valence-electron chi connectivity index (χ0n) is 9.80. The fourth-order valence-corrected chi connectivity index (χ4v) is 1.80. The summed E-state index contributed by atoms with van der Waals surface area (Å²) in [6.07, 6.45) is 17.0. The molecule has 2 nitrogen and oxygen atoms in total. The normalized spacial score (nSPS) is 17.8. The fraction of sp³-hybridized carbons (Fsp3) is 0.125. The van der Waals surface area contributed by atoms with E-state index < -0.39 is 0 Å². The molecule has 0 fully saturated rings. The molecule has 18 heavy (non-hydrogen) atoms. The first kappa shape index (κ1) is 11.9. The van der Waals surface area contributed by atoms with Gasteiger partial charge in [0.2, 0.25) is 0 Å². The summed E-state index contributed by atoms with van der Waals surface area (Å²) in [4.78, 5) is 0. The first-order chi connectivity index (χ1) is 8.81. The maximum Gasteiger partial charge on any atom is 0.109 e. The summed E-state index contributed by atoms with van der Waals surface area (Å²) in [7, 11) is 0. The quantitative estimate of drug-likeness (QED) is 0.444.